The molecule has 1 aromatic carbocycles. The van der Waals surface area contributed by atoms with E-state index in [0.29, 0.717) is 12.5 Å². The summed E-state index contributed by atoms with van der Waals surface area (Å²) in [5, 5.41) is 2.96. The van der Waals surface area contributed by atoms with Crippen molar-refractivity contribution in [2.75, 3.05) is 13.6 Å². The highest BCUT2D eigenvalue weighted by molar-refractivity contribution is 5.20. The lowest BCUT2D eigenvalue weighted by Crippen LogP contribution is -2.07. The molecule has 15 heavy (non-hydrogen) atoms. The molecule has 1 N–H and O–H groups in total. The van der Waals surface area contributed by atoms with E-state index in [4.69, 9.17) is 0 Å². The lowest BCUT2D eigenvalue weighted by atomic mass is 10.1. The second-order valence-electron chi connectivity index (χ2n) is 3.42. The predicted molar refractivity (Wildman–Crippen MR) is 53.2 cm³/mol. The minimum Gasteiger partial charge on any atom is -0.320 e. The Morgan fingerprint density at radius 3 is 2.33 bits per heavy atom. The largest absolute Gasteiger partial charge is 0.320 e. The quantitative estimate of drug-likeness (QED) is 0.590. The molecule has 0 saturated carbocycles. The van der Waals surface area contributed by atoms with Gasteiger partial charge < -0.3 is 5.32 Å². The number of hydrogen-bond acceptors (Lipinski definition) is 1. The van der Waals surface area contributed by atoms with Crippen molar-refractivity contribution in [1.82, 2.24) is 5.32 Å². The molecule has 84 valence electrons. The van der Waals surface area contributed by atoms with E-state index in [2.05, 4.69) is 5.32 Å². The van der Waals surface area contributed by atoms with Crippen LogP contribution in [0.15, 0.2) is 12.1 Å². The Morgan fingerprint density at radius 2 is 1.67 bits per heavy atom. The van der Waals surface area contributed by atoms with E-state index in [1.807, 2.05) is 7.05 Å². The van der Waals surface area contributed by atoms with E-state index in [1.54, 1.807) is 0 Å². The van der Waals surface area contributed by atoms with Crippen LogP contribution in [0.4, 0.5) is 13.2 Å². The maximum absolute atomic E-state index is 13.1. The van der Waals surface area contributed by atoms with E-state index >= 15 is 0 Å². The first-order valence-corrected chi connectivity index (χ1v) is 4.93. The third-order valence-electron chi connectivity index (χ3n) is 2.21. The molecule has 0 unspecified atom stereocenters. The second-order valence-corrected chi connectivity index (χ2v) is 3.42. The molecule has 0 fully saturated rings. The molecule has 0 amide bonds. The van der Waals surface area contributed by atoms with Gasteiger partial charge in [-0.05, 0) is 44.5 Å². The first kappa shape index (κ1) is 12.0. The Morgan fingerprint density at radius 1 is 1.00 bits per heavy atom. The van der Waals surface area contributed by atoms with E-state index in [9.17, 15) is 13.2 Å². The summed E-state index contributed by atoms with van der Waals surface area (Å²) in [7, 11) is 1.83. The Kier molecular flexibility index (Phi) is 4.62. The first-order chi connectivity index (χ1) is 7.15. The lowest BCUT2D eigenvalue weighted by molar-refractivity contribution is 0.488. The van der Waals surface area contributed by atoms with Crippen LogP contribution in [0.5, 0.6) is 0 Å². The van der Waals surface area contributed by atoms with Gasteiger partial charge in [0.25, 0.3) is 0 Å². The average Bonchev–Trinajstić information content (AvgIpc) is 2.20. The number of aryl methyl sites for hydroxylation is 1. The molecular weight excluding hydrogens is 203 g/mol. The molecule has 0 heterocycles. The van der Waals surface area contributed by atoms with E-state index in [0.717, 1.165) is 25.5 Å². The van der Waals surface area contributed by atoms with Crippen molar-refractivity contribution in [2.45, 2.75) is 19.3 Å². The van der Waals surface area contributed by atoms with Crippen LogP contribution in [0.2, 0.25) is 0 Å². The van der Waals surface area contributed by atoms with Crippen molar-refractivity contribution in [3.05, 3.63) is 35.1 Å². The van der Waals surface area contributed by atoms with Crippen molar-refractivity contribution >= 4 is 0 Å². The fourth-order valence-corrected chi connectivity index (χ4v) is 1.37. The van der Waals surface area contributed by atoms with E-state index in [1.165, 1.54) is 0 Å². The first-order valence-electron chi connectivity index (χ1n) is 4.93. The minimum absolute atomic E-state index is 0.241. The highest BCUT2D eigenvalue weighted by Crippen LogP contribution is 2.15. The summed E-state index contributed by atoms with van der Waals surface area (Å²) < 4.78 is 38.5. The van der Waals surface area contributed by atoms with Gasteiger partial charge in [-0.1, -0.05) is 0 Å². The molecular formula is C11H14F3N. The fraction of sp³-hybridized carbons (Fsp3) is 0.455. The highest BCUT2D eigenvalue weighted by atomic mass is 19.2. The van der Waals surface area contributed by atoms with Crippen LogP contribution >= 0.6 is 0 Å². The van der Waals surface area contributed by atoms with Gasteiger partial charge in [0, 0.05) is 6.07 Å². The molecule has 1 rings (SSSR count). The standard InChI is InChI=1S/C11H14F3N/c1-15-5-3-2-4-8-6-10(13)11(14)7-9(8)12/h6-7,15H,2-5H2,1H3. The van der Waals surface area contributed by atoms with E-state index < -0.39 is 17.5 Å². The fourth-order valence-electron chi connectivity index (χ4n) is 1.37. The molecule has 0 bridgehead atoms. The molecule has 0 radical (unpaired) electrons. The van der Waals surface area contributed by atoms with Crippen LogP contribution in [0.3, 0.4) is 0 Å². The molecule has 0 saturated heterocycles. The Balaban J connectivity index is 2.57. The van der Waals surface area contributed by atoms with Crippen LogP contribution in [0.25, 0.3) is 0 Å². The molecule has 0 aliphatic rings. The summed E-state index contributed by atoms with van der Waals surface area (Å²) >= 11 is 0. The summed E-state index contributed by atoms with van der Waals surface area (Å²) in [4.78, 5) is 0. The minimum atomic E-state index is -1.13. The molecule has 0 aliphatic heterocycles. The van der Waals surface area contributed by atoms with Gasteiger partial charge in [0.1, 0.15) is 5.82 Å². The van der Waals surface area contributed by atoms with Gasteiger partial charge in [-0.15, -0.1) is 0 Å². The number of halogens is 3. The Hall–Kier alpha value is -1.03. The van der Waals surface area contributed by atoms with Crippen molar-refractivity contribution < 1.29 is 13.2 Å². The zero-order chi connectivity index (χ0) is 11.3. The number of benzene rings is 1. The zero-order valence-corrected chi connectivity index (χ0v) is 8.62. The molecule has 0 aromatic heterocycles. The number of nitrogens with one attached hydrogen (secondary N) is 1. The van der Waals surface area contributed by atoms with Gasteiger partial charge in [0.05, 0.1) is 0 Å². The van der Waals surface area contributed by atoms with Gasteiger partial charge in [-0.3, -0.25) is 0 Å². The van der Waals surface area contributed by atoms with Gasteiger partial charge in [0.2, 0.25) is 0 Å². The summed E-state index contributed by atoms with van der Waals surface area (Å²) in [6.45, 7) is 0.839. The van der Waals surface area contributed by atoms with Crippen LogP contribution in [0, 0.1) is 17.5 Å². The van der Waals surface area contributed by atoms with Crippen molar-refractivity contribution in [3.63, 3.8) is 0 Å². The number of hydrogen-bond donors (Lipinski definition) is 1. The summed E-state index contributed by atoms with van der Waals surface area (Å²) in [5.41, 5.74) is 0.241. The monoisotopic (exact) mass is 217 g/mol. The SMILES string of the molecule is CNCCCCc1cc(F)c(F)cc1F. The normalized spacial score (nSPS) is 10.7. The smallest absolute Gasteiger partial charge is 0.161 e. The molecule has 0 spiro atoms. The number of rotatable bonds is 5. The Bertz CT molecular complexity index is 326. The zero-order valence-electron chi connectivity index (χ0n) is 8.62. The lowest BCUT2D eigenvalue weighted by Gasteiger charge is -2.04. The topological polar surface area (TPSA) is 12.0 Å². The predicted octanol–water partition coefficient (Wildman–Crippen LogP) is 2.65. The van der Waals surface area contributed by atoms with Gasteiger partial charge in [-0.25, -0.2) is 13.2 Å². The van der Waals surface area contributed by atoms with Crippen molar-refractivity contribution in [3.8, 4) is 0 Å². The summed E-state index contributed by atoms with van der Waals surface area (Å²) in [6.07, 6.45) is 2.07. The van der Waals surface area contributed by atoms with Gasteiger partial charge >= 0.3 is 0 Å². The van der Waals surface area contributed by atoms with Crippen LogP contribution in [-0.4, -0.2) is 13.6 Å². The maximum Gasteiger partial charge on any atom is 0.161 e. The van der Waals surface area contributed by atoms with Gasteiger partial charge in [-0.2, -0.15) is 0 Å². The molecule has 0 aliphatic carbocycles. The van der Waals surface area contributed by atoms with E-state index in [-0.39, 0.29) is 5.56 Å². The van der Waals surface area contributed by atoms with Gasteiger partial charge in [0.15, 0.2) is 11.6 Å². The highest BCUT2D eigenvalue weighted by Gasteiger charge is 2.08. The third-order valence-corrected chi connectivity index (χ3v) is 2.21. The van der Waals surface area contributed by atoms with Crippen molar-refractivity contribution in [1.29, 1.82) is 0 Å². The number of unbranched alkanes of at least 4 members (excludes halogenated alkanes) is 1. The summed E-state index contributed by atoms with van der Waals surface area (Å²) in [5.74, 6) is -2.79. The molecule has 1 aromatic rings. The Labute approximate surface area is 87.3 Å². The molecule has 4 heteroatoms. The average molecular weight is 217 g/mol. The van der Waals surface area contributed by atoms with Crippen LogP contribution in [0.1, 0.15) is 18.4 Å². The van der Waals surface area contributed by atoms with Crippen LogP contribution < -0.4 is 5.32 Å². The summed E-state index contributed by atoms with van der Waals surface area (Å²) in [6, 6.07) is 1.53. The van der Waals surface area contributed by atoms with Crippen molar-refractivity contribution in [2.24, 2.45) is 0 Å². The molecule has 1 nitrogen and oxygen atoms in total. The molecule has 0 atom stereocenters. The maximum atomic E-state index is 13.1. The second kappa shape index (κ2) is 5.75. The third kappa shape index (κ3) is 3.55. The van der Waals surface area contributed by atoms with Crippen LogP contribution in [-0.2, 0) is 6.42 Å².